The molecule has 0 bridgehead atoms. The first-order valence-corrected chi connectivity index (χ1v) is 11.8. The van der Waals surface area contributed by atoms with Crippen molar-refractivity contribution in [3.8, 4) is 17.0 Å². The lowest BCUT2D eigenvalue weighted by Crippen LogP contribution is -2.16. The lowest BCUT2D eigenvalue weighted by Gasteiger charge is -2.12. The largest absolute Gasteiger partial charge is 0.573 e. The Labute approximate surface area is 220 Å². The van der Waals surface area contributed by atoms with E-state index in [1.54, 1.807) is 13.0 Å². The maximum atomic E-state index is 14.9. The predicted octanol–water partition coefficient (Wildman–Crippen LogP) is 7.53. The molecule has 1 amide bonds. The van der Waals surface area contributed by atoms with Crippen LogP contribution in [0.5, 0.6) is 5.75 Å². The van der Waals surface area contributed by atoms with Gasteiger partial charge >= 0.3 is 6.36 Å². The molecule has 0 spiro atoms. The SMILES string of the molecule is Cc1ccc(CCl)cc1NC(=O)c1ccc(Nc2ncc(C)c(-c3ccc(OC(F)(F)F)cc3)n2)c(F)c1. The molecule has 0 atom stereocenters. The fraction of sp³-hybridized carbons (Fsp3) is 0.148. The minimum Gasteiger partial charge on any atom is -0.406 e. The Hall–Kier alpha value is -4.18. The van der Waals surface area contributed by atoms with Gasteiger partial charge in [-0.05, 0) is 79.1 Å². The first-order valence-electron chi connectivity index (χ1n) is 11.3. The highest BCUT2D eigenvalue weighted by Gasteiger charge is 2.31. The van der Waals surface area contributed by atoms with Crippen molar-refractivity contribution in [2.24, 2.45) is 0 Å². The number of ether oxygens (including phenoxy) is 1. The fourth-order valence-corrected chi connectivity index (χ4v) is 3.73. The first-order chi connectivity index (χ1) is 18.0. The monoisotopic (exact) mass is 544 g/mol. The van der Waals surface area contributed by atoms with Crippen LogP contribution >= 0.6 is 11.6 Å². The van der Waals surface area contributed by atoms with Gasteiger partial charge in [-0.25, -0.2) is 14.4 Å². The molecule has 38 heavy (non-hydrogen) atoms. The third-order valence-corrected chi connectivity index (χ3v) is 5.82. The number of hydrogen-bond donors (Lipinski definition) is 2. The summed E-state index contributed by atoms with van der Waals surface area (Å²) in [4.78, 5) is 21.2. The second-order valence-electron chi connectivity index (χ2n) is 8.35. The van der Waals surface area contributed by atoms with Crippen LogP contribution in [0.4, 0.5) is 34.9 Å². The molecule has 0 aliphatic carbocycles. The topological polar surface area (TPSA) is 76.1 Å². The van der Waals surface area contributed by atoms with E-state index in [0.29, 0.717) is 28.4 Å². The third kappa shape index (κ3) is 6.57. The maximum Gasteiger partial charge on any atom is 0.573 e. The number of benzene rings is 3. The van der Waals surface area contributed by atoms with Gasteiger partial charge in [-0.2, -0.15) is 0 Å². The Morgan fingerprint density at radius 3 is 2.37 bits per heavy atom. The van der Waals surface area contributed by atoms with E-state index in [4.69, 9.17) is 11.6 Å². The summed E-state index contributed by atoms with van der Waals surface area (Å²) in [5.74, 6) is -1.20. The second-order valence-corrected chi connectivity index (χ2v) is 8.62. The van der Waals surface area contributed by atoms with Gasteiger partial charge in [0.15, 0.2) is 0 Å². The van der Waals surface area contributed by atoms with E-state index in [1.807, 2.05) is 19.1 Å². The number of alkyl halides is 4. The first kappa shape index (κ1) is 26.9. The molecule has 1 aromatic heterocycles. The number of anilines is 3. The van der Waals surface area contributed by atoms with Crippen molar-refractivity contribution in [1.82, 2.24) is 9.97 Å². The van der Waals surface area contributed by atoms with E-state index < -0.39 is 18.1 Å². The van der Waals surface area contributed by atoms with Crippen molar-refractivity contribution < 1.29 is 27.1 Å². The van der Waals surface area contributed by atoms with Crippen LogP contribution in [0.15, 0.2) is 66.9 Å². The molecule has 2 N–H and O–H groups in total. The van der Waals surface area contributed by atoms with Crippen molar-refractivity contribution in [2.75, 3.05) is 10.6 Å². The van der Waals surface area contributed by atoms with E-state index in [0.717, 1.165) is 17.2 Å². The van der Waals surface area contributed by atoms with Crippen LogP contribution in [0.2, 0.25) is 0 Å². The zero-order valence-electron chi connectivity index (χ0n) is 20.2. The van der Waals surface area contributed by atoms with Gasteiger partial charge in [0, 0.05) is 28.9 Å². The summed E-state index contributed by atoms with van der Waals surface area (Å²) in [7, 11) is 0. The Balaban J connectivity index is 1.51. The number of rotatable bonds is 7. The Kier molecular flexibility index (Phi) is 7.82. The summed E-state index contributed by atoms with van der Waals surface area (Å²) in [6.07, 6.45) is -3.29. The average Bonchev–Trinajstić information content (AvgIpc) is 2.87. The summed E-state index contributed by atoms with van der Waals surface area (Å²) >= 11 is 5.87. The van der Waals surface area contributed by atoms with E-state index in [9.17, 15) is 22.4 Å². The van der Waals surface area contributed by atoms with Gasteiger partial charge in [0.05, 0.1) is 11.4 Å². The van der Waals surface area contributed by atoms with Crippen LogP contribution < -0.4 is 15.4 Å². The molecular formula is C27H21ClF4N4O2. The number of aryl methyl sites for hydroxylation is 2. The summed E-state index contributed by atoms with van der Waals surface area (Å²) < 4.78 is 56.1. The smallest absolute Gasteiger partial charge is 0.406 e. The van der Waals surface area contributed by atoms with Crippen LogP contribution in [0.25, 0.3) is 11.3 Å². The van der Waals surface area contributed by atoms with Crippen molar-refractivity contribution in [3.63, 3.8) is 0 Å². The lowest BCUT2D eigenvalue weighted by atomic mass is 10.1. The molecule has 11 heteroatoms. The predicted molar refractivity (Wildman–Crippen MR) is 137 cm³/mol. The highest BCUT2D eigenvalue weighted by molar-refractivity contribution is 6.17. The summed E-state index contributed by atoms with van der Waals surface area (Å²) in [6, 6.07) is 14.6. The molecule has 0 aliphatic heterocycles. The van der Waals surface area contributed by atoms with Crippen molar-refractivity contribution >= 4 is 34.8 Å². The summed E-state index contributed by atoms with van der Waals surface area (Å²) in [6.45, 7) is 3.57. The van der Waals surface area contributed by atoms with E-state index in [-0.39, 0.29) is 22.9 Å². The fourth-order valence-electron chi connectivity index (χ4n) is 3.57. The number of nitrogens with zero attached hydrogens (tertiary/aromatic N) is 2. The zero-order chi connectivity index (χ0) is 27.4. The minimum absolute atomic E-state index is 0.0330. The van der Waals surface area contributed by atoms with Crippen LogP contribution in [-0.4, -0.2) is 22.2 Å². The zero-order valence-corrected chi connectivity index (χ0v) is 20.9. The number of carbonyl (C=O) groups excluding carboxylic acids is 1. The molecule has 0 unspecified atom stereocenters. The van der Waals surface area contributed by atoms with Crippen LogP contribution in [0.1, 0.15) is 27.0 Å². The molecule has 0 saturated heterocycles. The minimum atomic E-state index is -4.79. The van der Waals surface area contributed by atoms with E-state index in [2.05, 4.69) is 25.3 Å². The molecular weight excluding hydrogens is 524 g/mol. The van der Waals surface area contributed by atoms with Crippen LogP contribution in [-0.2, 0) is 5.88 Å². The summed E-state index contributed by atoms with van der Waals surface area (Å²) in [5, 5.41) is 5.54. The van der Waals surface area contributed by atoms with Gasteiger partial charge in [0.2, 0.25) is 5.95 Å². The van der Waals surface area contributed by atoms with Crippen molar-refractivity contribution in [3.05, 3.63) is 94.9 Å². The van der Waals surface area contributed by atoms with Gasteiger partial charge in [-0.1, -0.05) is 12.1 Å². The van der Waals surface area contributed by atoms with Gasteiger partial charge in [0.25, 0.3) is 5.91 Å². The van der Waals surface area contributed by atoms with Gasteiger partial charge < -0.3 is 15.4 Å². The number of amides is 1. The maximum absolute atomic E-state index is 14.9. The number of aromatic nitrogens is 2. The second kappa shape index (κ2) is 11.1. The number of hydrogen-bond acceptors (Lipinski definition) is 5. The number of carbonyl (C=O) groups is 1. The molecule has 4 aromatic rings. The average molecular weight is 545 g/mol. The van der Waals surface area contributed by atoms with Crippen molar-refractivity contribution in [1.29, 1.82) is 0 Å². The molecule has 1 heterocycles. The molecule has 3 aromatic carbocycles. The normalized spacial score (nSPS) is 11.2. The van der Waals surface area contributed by atoms with Crippen LogP contribution in [0, 0.1) is 19.7 Å². The molecule has 0 saturated carbocycles. The molecule has 0 fully saturated rings. The van der Waals surface area contributed by atoms with Gasteiger partial charge in [0.1, 0.15) is 11.6 Å². The van der Waals surface area contributed by atoms with Gasteiger partial charge in [-0.15, -0.1) is 24.8 Å². The molecule has 6 nitrogen and oxygen atoms in total. The van der Waals surface area contributed by atoms with E-state index in [1.165, 1.54) is 42.6 Å². The Bertz CT molecular complexity index is 1480. The number of nitrogens with one attached hydrogen (secondary N) is 2. The Morgan fingerprint density at radius 1 is 0.974 bits per heavy atom. The highest BCUT2D eigenvalue weighted by Crippen LogP contribution is 2.28. The van der Waals surface area contributed by atoms with Crippen molar-refractivity contribution in [2.45, 2.75) is 26.1 Å². The lowest BCUT2D eigenvalue weighted by molar-refractivity contribution is -0.274. The molecule has 4 rings (SSSR count). The highest BCUT2D eigenvalue weighted by atomic mass is 35.5. The quantitative estimate of drug-likeness (QED) is 0.186. The summed E-state index contributed by atoms with van der Waals surface area (Å²) in [5.41, 5.74) is 3.99. The molecule has 0 aliphatic rings. The molecule has 0 radical (unpaired) electrons. The number of halogens is 5. The standard InChI is InChI=1S/C27H21ClF4N4O2/c1-15-3-4-17(13-28)11-23(15)34-25(37)19-7-10-22(21(29)12-19)35-26-33-14-16(2)24(36-26)18-5-8-20(9-6-18)38-27(30,31)32/h3-12,14H,13H2,1-2H3,(H,34,37)(H,33,35,36). The Morgan fingerprint density at radius 2 is 1.71 bits per heavy atom. The molecule has 196 valence electrons. The van der Waals surface area contributed by atoms with Gasteiger partial charge in [-0.3, -0.25) is 4.79 Å². The third-order valence-electron chi connectivity index (χ3n) is 5.52. The van der Waals surface area contributed by atoms with Crippen LogP contribution in [0.3, 0.4) is 0 Å². The van der Waals surface area contributed by atoms with E-state index >= 15 is 0 Å².